The van der Waals surface area contributed by atoms with Gasteiger partial charge in [0.25, 0.3) is 0 Å². The fraction of sp³-hybridized carbons (Fsp3) is 0.520. The molecule has 4 nitrogen and oxygen atoms in total. The van der Waals surface area contributed by atoms with Gasteiger partial charge in [0.1, 0.15) is 5.75 Å². The summed E-state index contributed by atoms with van der Waals surface area (Å²) in [5.74, 6) is 1.68. The van der Waals surface area contributed by atoms with Crippen molar-refractivity contribution in [3.63, 3.8) is 0 Å². The highest BCUT2D eigenvalue weighted by atomic mass is 35.5. The molecular formula is C25H31ClO4. The second kappa shape index (κ2) is 9.69. The van der Waals surface area contributed by atoms with Gasteiger partial charge in [-0.1, -0.05) is 42.8 Å². The molecular weight excluding hydrogens is 400 g/mol. The van der Waals surface area contributed by atoms with Gasteiger partial charge in [-0.25, -0.2) is 0 Å². The number of ether oxygens (including phenoxy) is 2. The van der Waals surface area contributed by atoms with E-state index in [4.69, 9.17) is 21.1 Å². The lowest BCUT2D eigenvalue weighted by molar-refractivity contribution is -0.113. The van der Waals surface area contributed by atoms with E-state index in [0.29, 0.717) is 30.4 Å². The summed E-state index contributed by atoms with van der Waals surface area (Å²) in [6, 6.07) is 14.2. The Morgan fingerprint density at radius 2 is 1.87 bits per heavy atom. The summed E-state index contributed by atoms with van der Waals surface area (Å²) < 4.78 is 12.1. The van der Waals surface area contributed by atoms with E-state index in [1.165, 1.54) is 12.0 Å². The van der Waals surface area contributed by atoms with E-state index in [0.717, 1.165) is 35.6 Å². The molecule has 2 aliphatic rings. The third kappa shape index (κ3) is 5.36. The number of aliphatic hydroxyl groups excluding tert-OH is 2. The van der Waals surface area contributed by atoms with Gasteiger partial charge in [0, 0.05) is 17.9 Å². The summed E-state index contributed by atoms with van der Waals surface area (Å²) in [7, 11) is 0. The van der Waals surface area contributed by atoms with Crippen molar-refractivity contribution in [3.8, 4) is 5.75 Å². The van der Waals surface area contributed by atoms with Gasteiger partial charge < -0.3 is 19.7 Å². The zero-order chi connectivity index (χ0) is 21.1. The van der Waals surface area contributed by atoms with Gasteiger partial charge in [0.15, 0.2) is 0 Å². The molecule has 1 saturated heterocycles. The van der Waals surface area contributed by atoms with E-state index in [-0.39, 0.29) is 18.8 Å². The van der Waals surface area contributed by atoms with Crippen molar-refractivity contribution in [2.75, 3.05) is 6.61 Å². The first-order valence-corrected chi connectivity index (χ1v) is 11.4. The molecule has 2 fully saturated rings. The zero-order valence-electron chi connectivity index (χ0n) is 17.5. The average Bonchev–Trinajstić information content (AvgIpc) is 3.15. The monoisotopic (exact) mass is 430 g/mol. The maximum absolute atomic E-state index is 10.1. The normalized spacial score (nSPS) is 29.1. The van der Waals surface area contributed by atoms with E-state index < -0.39 is 6.10 Å². The fourth-order valence-electron chi connectivity index (χ4n) is 4.61. The van der Waals surface area contributed by atoms with Crippen molar-refractivity contribution in [2.24, 2.45) is 5.92 Å². The molecule has 1 aliphatic heterocycles. The van der Waals surface area contributed by atoms with Crippen LogP contribution < -0.4 is 4.74 Å². The number of halogens is 1. The van der Waals surface area contributed by atoms with Crippen LogP contribution in [0.1, 0.15) is 61.8 Å². The number of hydrogen-bond donors (Lipinski definition) is 2. The summed E-state index contributed by atoms with van der Waals surface area (Å²) in [5, 5.41) is 20.3. The van der Waals surface area contributed by atoms with Gasteiger partial charge in [0.2, 0.25) is 0 Å². The second-order valence-corrected chi connectivity index (χ2v) is 9.29. The minimum atomic E-state index is -0.463. The van der Waals surface area contributed by atoms with Crippen molar-refractivity contribution in [1.82, 2.24) is 0 Å². The van der Waals surface area contributed by atoms with Crippen molar-refractivity contribution >= 4 is 11.6 Å². The molecule has 5 atom stereocenters. The SMILES string of the molecule is CC1CCC(Oc2ccc(Cc3cc(C4CC(O)CC(CO)O4)ccc3Cl)cc2)C1. The summed E-state index contributed by atoms with van der Waals surface area (Å²) in [6.45, 7) is 2.20. The van der Waals surface area contributed by atoms with Crippen LogP contribution >= 0.6 is 11.6 Å². The smallest absolute Gasteiger partial charge is 0.119 e. The van der Waals surface area contributed by atoms with Gasteiger partial charge in [-0.2, -0.15) is 0 Å². The Balaban J connectivity index is 1.43. The zero-order valence-corrected chi connectivity index (χ0v) is 18.2. The number of aliphatic hydroxyl groups is 2. The molecule has 5 unspecified atom stereocenters. The lowest BCUT2D eigenvalue weighted by Crippen LogP contribution is -2.33. The Morgan fingerprint density at radius 3 is 2.57 bits per heavy atom. The largest absolute Gasteiger partial charge is 0.490 e. The average molecular weight is 431 g/mol. The molecule has 1 saturated carbocycles. The van der Waals surface area contributed by atoms with Gasteiger partial charge in [-0.05, 0) is 66.5 Å². The summed E-state index contributed by atoms with van der Waals surface area (Å²) >= 11 is 6.47. The lowest BCUT2D eigenvalue weighted by Gasteiger charge is -2.32. The molecule has 1 heterocycles. The number of hydrogen-bond acceptors (Lipinski definition) is 4. The lowest BCUT2D eigenvalue weighted by atomic mass is 9.94. The van der Waals surface area contributed by atoms with Crippen molar-refractivity contribution in [3.05, 3.63) is 64.2 Å². The molecule has 30 heavy (non-hydrogen) atoms. The van der Waals surface area contributed by atoms with E-state index in [9.17, 15) is 10.2 Å². The minimum Gasteiger partial charge on any atom is -0.490 e. The summed E-state index contributed by atoms with van der Waals surface area (Å²) in [6.07, 6.45) is 4.57. The highest BCUT2D eigenvalue weighted by Crippen LogP contribution is 2.34. The quantitative estimate of drug-likeness (QED) is 0.671. The third-order valence-electron chi connectivity index (χ3n) is 6.29. The maximum atomic E-state index is 10.1. The molecule has 0 aromatic heterocycles. The predicted molar refractivity (Wildman–Crippen MR) is 118 cm³/mol. The molecule has 0 spiro atoms. The topological polar surface area (TPSA) is 58.9 Å². The number of benzene rings is 2. The highest BCUT2D eigenvalue weighted by Gasteiger charge is 2.29. The van der Waals surface area contributed by atoms with Gasteiger partial charge >= 0.3 is 0 Å². The van der Waals surface area contributed by atoms with Crippen LogP contribution in [0.4, 0.5) is 0 Å². The maximum Gasteiger partial charge on any atom is 0.119 e. The standard InChI is InChI=1S/C25H31ClO4/c1-16-2-6-22(10-16)29-21-7-3-17(4-8-21)11-19-12-18(5-9-24(19)26)25-14-20(28)13-23(15-27)30-25/h3-5,7-9,12,16,20,22-23,25,27-28H,2,6,10-11,13-15H2,1H3. The Morgan fingerprint density at radius 1 is 1.07 bits per heavy atom. The van der Waals surface area contributed by atoms with E-state index in [2.05, 4.69) is 25.1 Å². The first-order chi connectivity index (χ1) is 14.5. The molecule has 5 heteroatoms. The van der Waals surface area contributed by atoms with Crippen LogP contribution in [0.25, 0.3) is 0 Å². The first kappa shape index (κ1) is 21.6. The Bertz CT molecular complexity index is 838. The third-order valence-corrected chi connectivity index (χ3v) is 6.66. The van der Waals surface area contributed by atoms with Gasteiger partial charge in [-0.15, -0.1) is 0 Å². The van der Waals surface area contributed by atoms with E-state index in [1.807, 2.05) is 24.3 Å². The molecule has 0 bridgehead atoms. The molecule has 4 rings (SSSR count). The number of rotatable bonds is 6. The Labute approximate surface area is 183 Å². The predicted octanol–water partition coefficient (Wildman–Crippen LogP) is 5.07. The van der Waals surface area contributed by atoms with Crippen molar-refractivity contribution < 1.29 is 19.7 Å². The first-order valence-electron chi connectivity index (χ1n) is 11.0. The second-order valence-electron chi connectivity index (χ2n) is 8.88. The molecule has 2 aromatic rings. The molecule has 162 valence electrons. The van der Waals surface area contributed by atoms with Crippen LogP contribution in [0, 0.1) is 5.92 Å². The van der Waals surface area contributed by atoms with Crippen LogP contribution in [0.3, 0.4) is 0 Å². The van der Waals surface area contributed by atoms with E-state index >= 15 is 0 Å². The highest BCUT2D eigenvalue weighted by molar-refractivity contribution is 6.31. The van der Waals surface area contributed by atoms with Crippen LogP contribution in [0.15, 0.2) is 42.5 Å². The van der Waals surface area contributed by atoms with Crippen molar-refractivity contribution in [1.29, 1.82) is 0 Å². The van der Waals surface area contributed by atoms with Gasteiger partial charge in [0.05, 0.1) is 31.0 Å². The van der Waals surface area contributed by atoms with Crippen LogP contribution in [0.5, 0.6) is 5.75 Å². The Hall–Kier alpha value is -1.59. The summed E-state index contributed by atoms with van der Waals surface area (Å²) in [4.78, 5) is 0. The van der Waals surface area contributed by atoms with E-state index in [1.54, 1.807) is 0 Å². The van der Waals surface area contributed by atoms with Crippen LogP contribution in [-0.4, -0.2) is 35.1 Å². The fourth-order valence-corrected chi connectivity index (χ4v) is 4.80. The molecule has 0 radical (unpaired) electrons. The van der Waals surface area contributed by atoms with Crippen LogP contribution in [-0.2, 0) is 11.2 Å². The minimum absolute atomic E-state index is 0.0812. The van der Waals surface area contributed by atoms with Gasteiger partial charge in [-0.3, -0.25) is 0 Å². The molecule has 2 N–H and O–H groups in total. The molecule has 1 aliphatic carbocycles. The Kier molecular flexibility index (Phi) is 6.99. The molecule has 0 amide bonds. The summed E-state index contributed by atoms with van der Waals surface area (Å²) in [5.41, 5.74) is 3.18. The van der Waals surface area contributed by atoms with Crippen LogP contribution in [0.2, 0.25) is 5.02 Å². The van der Waals surface area contributed by atoms with Crippen molar-refractivity contribution in [2.45, 2.75) is 69.9 Å². The molecule has 2 aromatic carbocycles.